The highest BCUT2D eigenvalue weighted by molar-refractivity contribution is 7.47. The second-order valence-corrected chi connectivity index (χ2v) is 13.5. The summed E-state index contributed by atoms with van der Waals surface area (Å²) in [6.45, 7) is 3.68. The van der Waals surface area contributed by atoms with E-state index >= 15 is 0 Å². The van der Waals surface area contributed by atoms with E-state index in [0.29, 0.717) is 6.42 Å². The first-order chi connectivity index (χ1) is 21.8. The van der Waals surface area contributed by atoms with Crippen molar-refractivity contribution in [3.05, 3.63) is 12.2 Å². The first-order valence-corrected chi connectivity index (χ1v) is 19.7. The zero-order valence-electron chi connectivity index (χ0n) is 28.9. The Morgan fingerprint density at radius 3 is 1.58 bits per heavy atom. The summed E-state index contributed by atoms with van der Waals surface area (Å²) in [6.07, 6.45) is 29.6. The number of rotatable bonds is 34. The molecule has 0 aliphatic rings. The number of carbonyl (C=O) groups is 2. The lowest BCUT2D eigenvalue weighted by Gasteiger charge is -2.19. The van der Waals surface area contributed by atoms with E-state index in [1.54, 1.807) is 0 Å². The van der Waals surface area contributed by atoms with Crippen molar-refractivity contribution >= 4 is 19.8 Å². The van der Waals surface area contributed by atoms with Crippen LogP contribution in [0.2, 0.25) is 0 Å². The van der Waals surface area contributed by atoms with Crippen molar-refractivity contribution in [3.63, 3.8) is 0 Å². The Hall–Kier alpha value is -1.25. The molecule has 10 heteroatoms. The van der Waals surface area contributed by atoms with Crippen LogP contribution in [0.3, 0.4) is 0 Å². The minimum Gasteiger partial charge on any atom is -0.462 e. The number of phosphoric ester groups is 1. The van der Waals surface area contributed by atoms with Crippen molar-refractivity contribution in [2.24, 2.45) is 5.73 Å². The van der Waals surface area contributed by atoms with Gasteiger partial charge in [0.05, 0.1) is 13.2 Å². The number of unbranched alkanes of at least 4 members (excludes halogenated alkanes) is 19. The lowest BCUT2D eigenvalue weighted by Crippen LogP contribution is -2.29. The summed E-state index contributed by atoms with van der Waals surface area (Å²) in [4.78, 5) is 34.5. The van der Waals surface area contributed by atoms with Gasteiger partial charge in [-0.15, -0.1) is 0 Å². The van der Waals surface area contributed by atoms with Gasteiger partial charge in [-0.3, -0.25) is 18.6 Å². The topological polar surface area (TPSA) is 134 Å². The van der Waals surface area contributed by atoms with Gasteiger partial charge in [0.15, 0.2) is 6.10 Å². The molecule has 266 valence electrons. The van der Waals surface area contributed by atoms with Crippen LogP contribution in [-0.4, -0.2) is 49.3 Å². The number of nitrogens with two attached hydrogens (primary N) is 1. The highest BCUT2D eigenvalue weighted by Gasteiger charge is 2.25. The maximum absolute atomic E-state index is 12.5. The SMILES string of the molecule is CCCCCCCC/C=C/CCCCCCCC(=O)O[C@H](COC(=O)CCCCCCCCCCC)COP(=O)(O)OCCN. The van der Waals surface area contributed by atoms with Crippen LogP contribution in [0.5, 0.6) is 0 Å². The molecule has 0 radical (unpaired) electrons. The number of ether oxygens (including phenoxy) is 2. The van der Waals surface area contributed by atoms with E-state index < -0.39 is 26.5 Å². The molecule has 45 heavy (non-hydrogen) atoms. The Morgan fingerprint density at radius 1 is 0.644 bits per heavy atom. The van der Waals surface area contributed by atoms with Crippen LogP contribution in [0.4, 0.5) is 0 Å². The first kappa shape index (κ1) is 43.8. The molecule has 0 rings (SSSR count). The van der Waals surface area contributed by atoms with E-state index in [1.807, 2.05) is 0 Å². The van der Waals surface area contributed by atoms with Gasteiger partial charge in [-0.25, -0.2) is 4.57 Å². The zero-order chi connectivity index (χ0) is 33.3. The molecule has 0 saturated carbocycles. The molecule has 2 atom stereocenters. The summed E-state index contributed by atoms with van der Waals surface area (Å²) in [7, 11) is -4.36. The maximum Gasteiger partial charge on any atom is 0.472 e. The van der Waals surface area contributed by atoms with E-state index in [2.05, 4.69) is 26.0 Å². The standard InChI is InChI=1S/C35H68NO8P/c1-3-5-7-9-11-13-14-15-16-17-18-20-22-24-26-28-35(38)44-33(32-43-45(39,40)42-30-29-36)31-41-34(37)27-25-23-21-19-12-10-8-6-4-2/h15-16,33H,3-14,17-32,36H2,1-2H3,(H,39,40)/b16-15+/t33-/m1/s1. The summed E-state index contributed by atoms with van der Waals surface area (Å²) in [5.41, 5.74) is 5.32. The van der Waals surface area contributed by atoms with Gasteiger partial charge in [-0.2, -0.15) is 0 Å². The summed E-state index contributed by atoms with van der Waals surface area (Å²) in [6, 6.07) is 0. The molecule has 0 heterocycles. The van der Waals surface area contributed by atoms with Crippen LogP contribution < -0.4 is 5.73 Å². The third kappa shape index (κ3) is 32.5. The van der Waals surface area contributed by atoms with E-state index in [4.69, 9.17) is 24.3 Å². The molecule has 0 fully saturated rings. The third-order valence-electron chi connectivity index (χ3n) is 7.65. The van der Waals surface area contributed by atoms with Crippen molar-refractivity contribution in [2.75, 3.05) is 26.4 Å². The van der Waals surface area contributed by atoms with E-state index in [-0.39, 0.29) is 38.6 Å². The number of esters is 2. The Bertz CT molecular complexity index is 764. The second kappa shape index (κ2) is 32.7. The van der Waals surface area contributed by atoms with Crippen LogP contribution in [0.15, 0.2) is 12.2 Å². The predicted octanol–water partition coefficient (Wildman–Crippen LogP) is 9.49. The highest BCUT2D eigenvalue weighted by atomic mass is 31.2. The summed E-state index contributed by atoms with van der Waals surface area (Å²) in [5, 5.41) is 0. The number of carbonyl (C=O) groups excluding carboxylic acids is 2. The maximum atomic E-state index is 12.5. The van der Waals surface area contributed by atoms with Crippen molar-refractivity contribution in [1.29, 1.82) is 0 Å². The van der Waals surface area contributed by atoms with Gasteiger partial charge in [0.1, 0.15) is 6.61 Å². The summed E-state index contributed by atoms with van der Waals surface area (Å²) < 4.78 is 32.5. The van der Waals surface area contributed by atoms with Gasteiger partial charge in [0, 0.05) is 19.4 Å². The fourth-order valence-electron chi connectivity index (χ4n) is 4.92. The van der Waals surface area contributed by atoms with Crippen LogP contribution >= 0.6 is 7.82 Å². The van der Waals surface area contributed by atoms with Gasteiger partial charge < -0.3 is 20.1 Å². The molecule has 9 nitrogen and oxygen atoms in total. The smallest absolute Gasteiger partial charge is 0.462 e. The molecule has 3 N–H and O–H groups in total. The molecule has 0 bridgehead atoms. The monoisotopic (exact) mass is 661 g/mol. The first-order valence-electron chi connectivity index (χ1n) is 18.2. The summed E-state index contributed by atoms with van der Waals surface area (Å²) in [5.74, 6) is -0.838. The van der Waals surface area contributed by atoms with E-state index in [1.165, 1.54) is 83.5 Å². The zero-order valence-corrected chi connectivity index (χ0v) is 29.8. The molecular weight excluding hydrogens is 593 g/mol. The Kier molecular flexibility index (Phi) is 31.8. The van der Waals surface area contributed by atoms with Gasteiger partial charge in [0.25, 0.3) is 0 Å². The van der Waals surface area contributed by atoms with Crippen LogP contribution in [0.1, 0.15) is 168 Å². The lowest BCUT2D eigenvalue weighted by molar-refractivity contribution is -0.161. The quantitative estimate of drug-likeness (QED) is 0.0299. The van der Waals surface area contributed by atoms with Crippen molar-refractivity contribution in [3.8, 4) is 0 Å². The van der Waals surface area contributed by atoms with Crippen molar-refractivity contribution < 1.29 is 37.6 Å². The van der Waals surface area contributed by atoms with E-state index in [9.17, 15) is 19.0 Å². The second-order valence-electron chi connectivity index (χ2n) is 12.1. The average molecular weight is 662 g/mol. The normalized spacial score (nSPS) is 13.6. The van der Waals surface area contributed by atoms with Crippen LogP contribution in [0, 0.1) is 0 Å². The van der Waals surface area contributed by atoms with Gasteiger partial charge in [-0.05, 0) is 38.5 Å². The fourth-order valence-corrected chi connectivity index (χ4v) is 5.69. The molecule has 0 aromatic carbocycles. The fraction of sp³-hybridized carbons (Fsp3) is 0.886. The summed E-state index contributed by atoms with van der Waals surface area (Å²) >= 11 is 0. The predicted molar refractivity (Wildman–Crippen MR) is 183 cm³/mol. The molecule has 0 aromatic rings. The van der Waals surface area contributed by atoms with Crippen LogP contribution in [-0.2, 0) is 32.7 Å². The molecular formula is C35H68NO8P. The van der Waals surface area contributed by atoms with Gasteiger partial charge in [0.2, 0.25) is 0 Å². The molecule has 0 aromatic heterocycles. The molecule has 0 aliphatic heterocycles. The number of hydrogen-bond acceptors (Lipinski definition) is 8. The number of phosphoric acid groups is 1. The highest BCUT2D eigenvalue weighted by Crippen LogP contribution is 2.43. The molecule has 0 amide bonds. The van der Waals surface area contributed by atoms with Gasteiger partial charge >= 0.3 is 19.8 Å². The minimum atomic E-state index is -4.36. The molecule has 0 spiro atoms. The molecule has 1 unspecified atom stereocenters. The Labute approximate surface area is 275 Å². The van der Waals surface area contributed by atoms with Crippen molar-refractivity contribution in [2.45, 2.75) is 174 Å². The van der Waals surface area contributed by atoms with Crippen LogP contribution in [0.25, 0.3) is 0 Å². The largest absolute Gasteiger partial charge is 0.472 e. The Morgan fingerprint density at radius 2 is 1.09 bits per heavy atom. The van der Waals surface area contributed by atoms with Gasteiger partial charge in [-0.1, -0.05) is 129 Å². The average Bonchev–Trinajstić information content (AvgIpc) is 3.02. The third-order valence-corrected chi connectivity index (χ3v) is 8.64. The lowest BCUT2D eigenvalue weighted by atomic mass is 10.1. The van der Waals surface area contributed by atoms with Crippen molar-refractivity contribution in [1.82, 2.24) is 0 Å². The number of allylic oxidation sites excluding steroid dienone is 2. The molecule has 0 aliphatic carbocycles. The Balaban J connectivity index is 4.24. The number of hydrogen-bond donors (Lipinski definition) is 2. The minimum absolute atomic E-state index is 0.0543. The molecule has 0 saturated heterocycles. The van der Waals surface area contributed by atoms with E-state index in [0.717, 1.165) is 51.4 Å².